The average Bonchev–Trinajstić information content (AvgIpc) is 2.32. The Hall–Kier alpha value is -1.75. The van der Waals surface area contributed by atoms with Crippen LogP contribution in [0.5, 0.6) is 11.8 Å². The molecule has 0 saturated carbocycles. The molecule has 0 aliphatic carbocycles. The number of benzene rings is 1. The first-order chi connectivity index (χ1) is 8.20. The summed E-state index contributed by atoms with van der Waals surface area (Å²) in [5.74, 6) is -0.524. The van der Waals surface area contributed by atoms with Crippen molar-refractivity contribution in [2.45, 2.75) is 0 Å². The van der Waals surface area contributed by atoms with Gasteiger partial charge in [-0.05, 0) is 34.7 Å². The van der Waals surface area contributed by atoms with Crippen LogP contribution in [0.2, 0.25) is 0 Å². The Bertz CT molecular complexity index is 580. The van der Waals surface area contributed by atoms with Gasteiger partial charge in [0.25, 0.3) is 0 Å². The summed E-state index contributed by atoms with van der Waals surface area (Å²) in [5, 5.41) is 8.81. The maximum atomic E-state index is 13.3. The van der Waals surface area contributed by atoms with Crippen LogP contribution in [0.1, 0.15) is 5.56 Å². The minimum absolute atomic E-state index is 0.0764. The lowest BCUT2D eigenvalue weighted by Gasteiger charge is -2.05. The van der Waals surface area contributed by atoms with E-state index in [0.717, 1.165) is 3.57 Å². The van der Waals surface area contributed by atoms with E-state index in [9.17, 15) is 4.39 Å². The lowest BCUT2D eigenvalue weighted by molar-refractivity contribution is 0.435. The van der Waals surface area contributed by atoms with Crippen LogP contribution in [0.15, 0.2) is 30.6 Å². The van der Waals surface area contributed by atoms with Crippen LogP contribution in [0, 0.1) is 20.7 Å². The van der Waals surface area contributed by atoms with Crippen molar-refractivity contribution in [3.63, 3.8) is 0 Å². The van der Waals surface area contributed by atoms with Crippen molar-refractivity contribution in [1.29, 1.82) is 5.26 Å². The highest BCUT2D eigenvalue weighted by molar-refractivity contribution is 14.1. The highest BCUT2D eigenvalue weighted by Gasteiger charge is 2.10. The molecule has 4 nitrogen and oxygen atoms in total. The van der Waals surface area contributed by atoms with Gasteiger partial charge in [-0.15, -0.1) is 0 Å². The molecule has 2 aromatic rings. The Morgan fingerprint density at radius 3 is 2.65 bits per heavy atom. The minimum Gasteiger partial charge on any atom is -0.423 e. The normalized spacial score (nSPS) is 9.71. The van der Waals surface area contributed by atoms with E-state index in [4.69, 9.17) is 10.00 Å². The van der Waals surface area contributed by atoms with Crippen molar-refractivity contribution in [3.05, 3.63) is 45.5 Å². The van der Waals surface area contributed by atoms with Crippen LogP contribution in [-0.4, -0.2) is 9.97 Å². The quantitative estimate of drug-likeness (QED) is 0.789. The number of nitriles is 1. The van der Waals surface area contributed by atoms with Gasteiger partial charge in [-0.1, -0.05) is 6.07 Å². The fraction of sp³-hybridized carbons (Fsp3) is 0. The second-order valence-corrected chi connectivity index (χ2v) is 4.26. The molecule has 2 rings (SSSR count). The largest absolute Gasteiger partial charge is 0.423 e. The molecular formula is C11H5FIN3O. The van der Waals surface area contributed by atoms with Crippen molar-refractivity contribution in [2.75, 3.05) is 0 Å². The first kappa shape index (κ1) is 11.7. The number of nitrogens with zero attached hydrogens (tertiary/aromatic N) is 3. The van der Waals surface area contributed by atoms with Gasteiger partial charge in [0.1, 0.15) is 17.4 Å². The molecule has 1 aromatic carbocycles. The second-order valence-electron chi connectivity index (χ2n) is 3.01. The molecule has 0 unspecified atom stereocenters. The molecule has 0 atom stereocenters. The van der Waals surface area contributed by atoms with Gasteiger partial charge in [-0.3, -0.25) is 0 Å². The van der Waals surface area contributed by atoms with Gasteiger partial charge in [0.15, 0.2) is 5.75 Å². The predicted octanol–water partition coefficient (Wildman–Crippen LogP) is 2.88. The van der Waals surface area contributed by atoms with Crippen LogP contribution in [0.4, 0.5) is 4.39 Å². The van der Waals surface area contributed by atoms with Crippen molar-refractivity contribution in [2.24, 2.45) is 0 Å². The van der Waals surface area contributed by atoms with Crippen LogP contribution in [-0.2, 0) is 0 Å². The lowest BCUT2D eigenvalue weighted by atomic mass is 10.2. The van der Waals surface area contributed by atoms with E-state index in [1.54, 1.807) is 18.5 Å². The zero-order valence-corrected chi connectivity index (χ0v) is 10.6. The Labute approximate surface area is 110 Å². The summed E-state index contributed by atoms with van der Waals surface area (Å²) < 4.78 is 19.4. The number of ether oxygens (including phenoxy) is 1. The van der Waals surface area contributed by atoms with E-state index in [1.807, 2.05) is 0 Å². The van der Waals surface area contributed by atoms with E-state index in [-0.39, 0.29) is 17.3 Å². The summed E-state index contributed by atoms with van der Waals surface area (Å²) in [6.07, 6.45) is 3.13. The molecule has 17 heavy (non-hydrogen) atoms. The number of hydrogen-bond acceptors (Lipinski definition) is 4. The molecular weight excluding hydrogens is 336 g/mol. The van der Waals surface area contributed by atoms with Crippen LogP contribution < -0.4 is 4.74 Å². The summed E-state index contributed by atoms with van der Waals surface area (Å²) in [7, 11) is 0. The minimum atomic E-state index is -0.629. The molecule has 0 radical (unpaired) electrons. The van der Waals surface area contributed by atoms with Gasteiger partial charge >= 0.3 is 6.01 Å². The smallest absolute Gasteiger partial charge is 0.321 e. The van der Waals surface area contributed by atoms with Crippen LogP contribution >= 0.6 is 22.6 Å². The molecule has 84 valence electrons. The standard InChI is InChI=1S/C11H5FIN3O/c12-9-2-1-3-10(8(9)4-14)17-11-15-5-7(13)6-16-11/h1-3,5-6H. The Kier molecular flexibility index (Phi) is 3.49. The van der Waals surface area contributed by atoms with Crippen molar-refractivity contribution >= 4 is 22.6 Å². The van der Waals surface area contributed by atoms with Gasteiger partial charge in [-0.25, -0.2) is 14.4 Å². The maximum absolute atomic E-state index is 13.3. The fourth-order valence-corrected chi connectivity index (χ4v) is 1.43. The van der Waals surface area contributed by atoms with E-state index in [0.29, 0.717) is 0 Å². The fourth-order valence-electron chi connectivity index (χ4n) is 1.15. The molecule has 0 spiro atoms. The number of halogens is 2. The van der Waals surface area contributed by atoms with E-state index < -0.39 is 5.82 Å². The lowest BCUT2D eigenvalue weighted by Crippen LogP contribution is -1.95. The van der Waals surface area contributed by atoms with Gasteiger partial charge in [0.05, 0.1) is 0 Å². The van der Waals surface area contributed by atoms with Crippen molar-refractivity contribution in [1.82, 2.24) is 9.97 Å². The molecule has 0 N–H and O–H groups in total. The Morgan fingerprint density at radius 2 is 2.00 bits per heavy atom. The molecule has 1 heterocycles. The average molecular weight is 341 g/mol. The number of rotatable bonds is 2. The third kappa shape index (κ3) is 2.68. The van der Waals surface area contributed by atoms with Gasteiger partial charge in [0, 0.05) is 16.0 Å². The zero-order valence-electron chi connectivity index (χ0n) is 8.39. The molecule has 0 aliphatic rings. The van der Waals surface area contributed by atoms with Gasteiger partial charge < -0.3 is 4.74 Å². The second kappa shape index (κ2) is 5.05. The van der Waals surface area contributed by atoms with Crippen molar-refractivity contribution < 1.29 is 9.13 Å². The van der Waals surface area contributed by atoms with E-state index in [1.165, 1.54) is 18.2 Å². The first-order valence-electron chi connectivity index (χ1n) is 4.54. The molecule has 0 aliphatic heterocycles. The van der Waals surface area contributed by atoms with E-state index in [2.05, 4.69) is 32.6 Å². The number of aromatic nitrogens is 2. The first-order valence-corrected chi connectivity index (χ1v) is 5.62. The summed E-state index contributed by atoms with van der Waals surface area (Å²) in [4.78, 5) is 7.81. The molecule has 6 heteroatoms. The Balaban J connectivity index is 2.34. The summed E-state index contributed by atoms with van der Waals surface area (Å²) >= 11 is 2.05. The van der Waals surface area contributed by atoms with Gasteiger partial charge in [-0.2, -0.15) is 5.26 Å². The topological polar surface area (TPSA) is 58.8 Å². The zero-order chi connectivity index (χ0) is 12.3. The van der Waals surface area contributed by atoms with E-state index >= 15 is 0 Å². The maximum Gasteiger partial charge on any atom is 0.321 e. The highest BCUT2D eigenvalue weighted by Crippen LogP contribution is 2.24. The predicted molar refractivity (Wildman–Crippen MR) is 65.9 cm³/mol. The third-order valence-corrected chi connectivity index (χ3v) is 2.44. The number of hydrogen-bond donors (Lipinski definition) is 0. The molecule has 0 saturated heterocycles. The van der Waals surface area contributed by atoms with Crippen LogP contribution in [0.25, 0.3) is 0 Å². The van der Waals surface area contributed by atoms with Crippen LogP contribution in [0.3, 0.4) is 0 Å². The monoisotopic (exact) mass is 341 g/mol. The third-order valence-electron chi connectivity index (χ3n) is 1.89. The molecule has 0 fully saturated rings. The molecule has 0 amide bonds. The van der Waals surface area contributed by atoms with Gasteiger partial charge in [0.2, 0.25) is 0 Å². The molecule has 1 aromatic heterocycles. The highest BCUT2D eigenvalue weighted by atomic mass is 127. The summed E-state index contributed by atoms with van der Waals surface area (Å²) in [6, 6.07) is 5.96. The SMILES string of the molecule is N#Cc1c(F)cccc1Oc1ncc(I)cn1. The summed E-state index contributed by atoms with van der Waals surface area (Å²) in [5.41, 5.74) is -0.158. The Morgan fingerprint density at radius 1 is 1.29 bits per heavy atom. The molecule has 0 bridgehead atoms. The summed E-state index contributed by atoms with van der Waals surface area (Å²) in [6.45, 7) is 0. The van der Waals surface area contributed by atoms with Crippen molar-refractivity contribution in [3.8, 4) is 17.8 Å².